The van der Waals surface area contributed by atoms with Crippen molar-refractivity contribution in [3.8, 4) is 0 Å². The quantitative estimate of drug-likeness (QED) is 0.568. The molecule has 0 spiro atoms. The highest BCUT2D eigenvalue weighted by molar-refractivity contribution is 9.11. The van der Waals surface area contributed by atoms with Crippen molar-refractivity contribution in [1.29, 1.82) is 0 Å². The van der Waals surface area contributed by atoms with Gasteiger partial charge in [0, 0.05) is 18.2 Å². The molecule has 1 aliphatic heterocycles. The van der Waals surface area contributed by atoms with Gasteiger partial charge in [-0.15, -0.1) is 0 Å². The largest absolute Gasteiger partial charge is 0.394 e. The number of nitrogens with one attached hydrogen (secondary N) is 1. The van der Waals surface area contributed by atoms with E-state index in [4.69, 9.17) is 15.1 Å². The summed E-state index contributed by atoms with van der Waals surface area (Å²) in [6, 6.07) is 0. The van der Waals surface area contributed by atoms with Gasteiger partial charge in [-0.1, -0.05) is 15.9 Å². The molecular weight excluding hydrogens is 334 g/mol. The van der Waals surface area contributed by atoms with Gasteiger partial charge in [0.25, 0.3) is 0 Å². The monoisotopic (exact) mass is 347 g/mol. The van der Waals surface area contributed by atoms with Crippen molar-refractivity contribution in [2.75, 3.05) is 12.1 Å². The molecule has 8 nitrogen and oxygen atoms in total. The van der Waals surface area contributed by atoms with Crippen LogP contribution in [0.1, 0.15) is 18.2 Å². The molecule has 3 atom stereocenters. The molecule has 110 valence electrons. The highest BCUT2D eigenvalue weighted by Crippen LogP contribution is 2.28. The van der Waals surface area contributed by atoms with Gasteiger partial charge in [0.15, 0.2) is 12.0 Å². The van der Waals surface area contributed by atoms with Crippen LogP contribution in [0.2, 0.25) is 0 Å². The van der Waals surface area contributed by atoms with Crippen molar-refractivity contribution in [1.82, 2.24) is 9.55 Å². The second-order valence-electron chi connectivity index (χ2n) is 4.27. The van der Waals surface area contributed by atoms with Crippen molar-refractivity contribution in [2.45, 2.75) is 24.9 Å². The summed E-state index contributed by atoms with van der Waals surface area (Å²) < 4.78 is 6.53. The lowest BCUT2D eigenvalue weighted by Crippen LogP contribution is -2.32. The van der Waals surface area contributed by atoms with Crippen LogP contribution in [-0.4, -0.2) is 43.8 Å². The normalized spacial score (nSPS) is 26.3. The predicted octanol–water partition coefficient (Wildman–Crippen LogP) is 0.0507. The Morgan fingerprint density at radius 1 is 1.65 bits per heavy atom. The maximum atomic E-state index is 11.9. The predicted molar refractivity (Wildman–Crippen MR) is 73.5 cm³/mol. The lowest BCUT2D eigenvalue weighted by Gasteiger charge is -2.18. The van der Waals surface area contributed by atoms with E-state index >= 15 is 0 Å². The van der Waals surface area contributed by atoms with Crippen LogP contribution < -0.4 is 11.2 Å². The molecule has 0 unspecified atom stereocenters. The third-order valence-corrected chi connectivity index (χ3v) is 3.24. The summed E-state index contributed by atoms with van der Waals surface area (Å²) in [5, 5.41) is 27.9. The van der Waals surface area contributed by atoms with E-state index in [9.17, 15) is 9.90 Å². The molecule has 4 N–H and O–H groups in total. The van der Waals surface area contributed by atoms with E-state index in [1.165, 1.54) is 11.2 Å². The molecule has 2 rings (SSSR count). The molecule has 2 heterocycles. The number of nitrogens with zero attached hydrogens (tertiary/aromatic N) is 2. The minimum atomic E-state index is -0.916. The molecule has 1 aliphatic rings. The first-order valence-corrected chi connectivity index (χ1v) is 6.76. The van der Waals surface area contributed by atoms with E-state index < -0.39 is 24.1 Å². The van der Waals surface area contributed by atoms with Crippen molar-refractivity contribution in [2.24, 2.45) is 0 Å². The summed E-state index contributed by atoms with van der Waals surface area (Å²) >= 11 is 3.09. The van der Waals surface area contributed by atoms with Gasteiger partial charge in [0.1, 0.15) is 6.10 Å². The van der Waals surface area contributed by atoms with Crippen LogP contribution in [0.3, 0.4) is 0 Å². The van der Waals surface area contributed by atoms with Crippen LogP contribution >= 0.6 is 15.9 Å². The van der Waals surface area contributed by atoms with Crippen LogP contribution in [0.25, 0.3) is 6.08 Å². The Kier molecular flexibility index (Phi) is 4.89. The smallest absolute Gasteiger partial charge is 0.351 e. The molecule has 0 aliphatic carbocycles. The minimum Gasteiger partial charge on any atom is -0.394 e. The first kappa shape index (κ1) is 15.1. The molecule has 0 saturated carbocycles. The van der Waals surface area contributed by atoms with Crippen LogP contribution in [0.15, 0.2) is 16.0 Å². The number of anilines is 1. The highest BCUT2D eigenvalue weighted by atomic mass is 79.9. The van der Waals surface area contributed by atoms with Crippen LogP contribution in [-0.2, 0) is 4.74 Å². The van der Waals surface area contributed by atoms with E-state index in [-0.39, 0.29) is 18.8 Å². The van der Waals surface area contributed by atoms with E-state index in [1.54, 1.807) is 6.08 Å². The summed E-state index contributed by atoms with van der Waals surface area (Å²) in [5.74, 6) is -0.00635. The zero-order chi connectivity index (χ0) is 14.7. The third kappa shape index (κ3) is 2.91. The zero-order valence-corrected chi connectivity index (χ0v) is 11.9. The Labute approximate surface area is 122 Å². The Morgan fingerprint density at radius 3 is 2.95 bits per heavy atom. The van der Waals surface area contributed by atoms with Gasteiger partial charge in [-0.2, -0.15) is 4.98 Å². The Hall–Kier alpha value is -1.26. The van der Waals surface area contributed by atoms with Crippen LogP contribution in [0.4, 0.5) is 5.82 Å². The Balaban J connectivity index is 2.42. The number of hydrogen-bond acceptors (Lipinski definition) is 7. The summed E-state index contributed by atoms with van der Waals surface area (Å²) in [6.07, 6.45) is 0.846. The highest BCUT2D eigenvalue weighted by Gasteiger charge is 2.35. The third-order valence-electron chi connectivity index (χ3n) is 2.97. The van der Waals surface area contributed by atoms with Crippen molar-refractivity contribution < 1.29 is 20.2 Å². The van der Waals surface area contributed by atoms with E-state index in [2.05, 4.69) is 20.9 Å². The molecule has 0 aromatic carbocycles. The molecule has 0 amide bonds. The number of aliphatic hydroxyl groups excluding tert-OH is 2. The van der Waals surface area contributed by atoms with Gasteiger partial charge in [0.2, 0.25) is 0 Å². The Bertz CT molecular complexity index is 561. The molecule has 0 bridgehead atoms. The topological polar surface area (TPSA) is 117 Å². The summed E-state index contributed by atoms with van der Waals surface area (Å²) in [6.45, 7) is -0.236. The van der Waals surface area contributed by atoms with Gasteiger partial charge in [-0.25, -0.2) is 4.79 Å². The Morgan fingerprint density at radius 2 is 2.40 bits per heavy atom. The maximum absolute atomic E-state index is 11.9. The first-order valence-electron chi connectivity index (χ1n) is 5.85. The van der Waals surface area contributed by atoms with E-state index in [1.807, 2.05) is 5.48 Å². The van der Waals surface area contributed by atoms with Crippen LogP contribution in [0.5, 0.6) is 0 Å². The van der Waals surface area contributed by atoms with Crippen LogP contribution in [0, 0.1) is 0 Å². The van der Waals surface area contributed by atoms with Crippen molar-refractivity contribution in [3.05, 3.63) is 27.2 Å². The lowest BCUT2D eigenvalue weighted by atomic mass is 10.2. The number of rotatable bonds is 4. The van der Waals surface area contributed by atoms with Gasteiger partial charge < -0.3 is 14.9 Å². The van der Waals surface area contributed by atoms with Gasteiger partial charge in [-0.3, -0.25) is 15.3 Å². The molecule has 9 heteroatoms. The summed E-state index contributed by atoms with van der Waals surface area (Å²) in [5.41, 5.74) is 1.57. The lowest BCUT2D eigenvalue weighted by molar-refractivity contribution is -0.0530. The summed E-state index contributed by atoms with van der Waals surface area (Å²) in [4.78, 5) is 17.1. The molecule has 1 aromatic heterocycles. The standard InChI is InChI=1S/C11H14BrN3O5/c12-2-1-6-4-15(11(18)13-9(6)14-19)10-8(17)3-7(5-16)20-10/h1-2,4,7-8,10,16-17,19H,3,5H2,(H,13,14,18)/t7-,8+,10+/m0/s1. The fourth-order valence-electron chi connectivity index (χ4n) is 2.04. The average molecular weight is 348 g/mol. The second kappa shape index (κ2) is 6.46. The molecule has 1 saturated heterocycles. The number of aromatic nitrogens is 2. The first-order chi connectivity index (χ1) is 9.60. The van der Waals surface area contributed by atoms with Crippen molar-refractivity contribution in [3.63, 3.8) is 0 Å². The molecule has 1 aromatic rings. The van der Waals surface area contributed by atoms with E-state index in [0.717, 1.165) is 4.57 Å². The molecular formula is C11H14BrN3O5. The van der Waals surface area contributed by atoms with E-state index in [0.29, 0.717) is 5.56 Å². The SMILES string of the molecule is O=c1nc(NO)c(C=CBr)cn1[C@@H]1O[C@H](CO)C[C@H]1O. The fourth-order valence-corrected chi connectivity index (χ4v) is 2.33. The fraction of sp³-hybridized carbons (Fsp3) is 0.455. The molecule has 0 radical (unpaired) electrons. The molecule has 1 fully saturated rings. The average Bonchev–Trinajstić information content (AvgIpc) is 2.81. The maximum Gasteiger partial charge on any atom is 0.351 e. The number of ether oxygens (including phenoxy) is 1. The number of halogens is 1. The van der Waals surface area contributed by atoms with Gasteiger partial charge >= 0.3 is 5.69 Å². The molecule has 20 heavy (non-hydrogen) atoms. The van der Waals surface area contributed by atoms with Gasteiger partial charge in [0.05, 0.1) is 12.7 Å². The zero-order valence-electron chi connectivity index (χ0n) is 10.3. The van der Waals surface area contributed by atoms with Crippen molar-refractivity contribution >= 4 is 27.8 Å². The van der Waals surface area contributed by atoms with Gasteiger partial charge in [-0.05, 0) is 11.1 Å². The number of aliphatic hydroxyl groups is 2. The summed E-state index contributed by atoms with van der Waals surface area (Å²) in [7, 11) is 0. The minimum absolute atomic E-state index is 0.00635. The second-order valence-corrected chi connectivity index (χ2v) is 4.80. The number of hydrogen-bond donors (Lipinski definition) is 4.